The Labute approximate surface area is 164 Å². The minimum absolute atomic E-state index is 0.0301. The molecule has 1 aliphatic rings. The molecule has 0 amide bonds. The second-order valence-electron chi connectivity index (χ2n) is 7.13. The van der Waals surface area contributed by atoms with Crippen molar-refractivity contribution in [3.63, 3.8) is 0 Å². The SMILES string of the molecule is COc1ccc(CCCc2ccc3c(c2O)C(=O)c2c(O)cccc2C3)cc1. The molecule has 3 aromatic carbocycles. The Balaban J connectivity index is 1.53. The molecule has 0 unspecified atom stereocenters. The Morgan fingerprint density at radius 3 is 2.39 bits per heavy atom. The number of carbonyl (C=O) groups is 1. The van der Waals surface area contributed by atoms with E-state index in [2.05, 4.69) is 0 Å². The molecule has 0 saturated carbocycles. The number of benzene rings is 3. The van der Waals surface area contributed by atoms with Crippen molar-refractivity contribution in [1.82, 2.24) is 0 Å². The smallest absolute Gasteiger partial charge is 0.201 e. The molecule has 0 aromatic heterocycles. The van der Waals surface area contributed by atoms with Crippen LogP contribution in [0.15, 0.2) is 54.6 Å². The lowest BCUT2D eigenvalue weighted by molar-refractivity contribution is 0.102. The number of methoxy groups -OCH3 is 1. The maximum Gasteiger partial charge on any atom is 0.201 e. The zero-order valence-corrected chi connectivity index (χ0v) is 15.7. The minimum atomic E-state index is -0.302. The van der Waals surface area contributed by atoms with Crippen LogP contribution in [0.1, 0.15) is 44.6 Å². The predicted molar refractivity (Wildman–Crippen MR) is 107 cm³/mol. The second-order valence-corrected chi connectivity index (χ2v) is 7.13. The van der Waals surface area contributed by atoms with E-state index in [-0.39, 0.29) is 17.3 Å². The van der Waals surface area contributed by atoms with Crippen LogP contribution in [0.2, 0.25) is 0 Å². The predicted octanol–water partition coefficient (Wildman–Crippen LogP) is 4.42. The average molecular weight is 374 g/mol. The first-order chi connectivity index (χ1) is 13.6. The number of fused-ring (bicyclic) bond motifs is 2. The van der Waals surface area contributed by atoms with E-state index in [0.29, 0.717) is 24.0 Å². The molecule has 0 saturated heterocycles. The van der Waals surface area contributed by atoms with Crippen LogP contribution in [0.25, 0.3) is 0 Å². The molecule has 0 aliphatic heterocycles. The summed E-state index contributed by atoms with van der Waals surface area (Å²) < 4.78 is 5.17. The fraction of sp³-hybridized carbons (Fsp3) is 0.208. The summed E-state index contributed by atoms with van der Waals surface area (Å²) in [6.45, 7) is 0. The molecule has 0 atom stereocenters. The van der Waals surface area contributed by atoms with Gasteiger partial charge < -0.3 is 14.9 Å². The molecule has 142 valence electrons. The van der Waals surface area contributed by atoms with Gasteiger partial charge in [0.1, 0.15) is 17.2 Å². The fourth-order valence-corrected chi connectivity index (χ4v) is 3.88. The van der Waals surface area contributed by atoms with Crippen molar-refractivity contribution in [2.45, 2.75) is 25.7 Å². The van der Waals surface area contributed by atoms with Crippen molar-refractivity contribution in [2.24, 2.45) is 0 Å². The number of ketones is 1. The number of hydrogen-bond donors (Lipinski definition) is 2. The molecule has 0 radical (unpaired) electrons. The number of aryl methyl sites for hydroxylation is 2. The standard InChI is InChI=1S/C24H22O4/c1-28-19-12-8-15(9-13-19)4-2-5-16-10-11-18-14-17-6-3-7-20(25)21(17)24(27)22(18)23(16)26/h3,6-13,25-26H,2,4-5,14H2,1H3. The van der Waals surface area contributed by atoms with Crippen LogP contribution in [0.5, 0.6) is 17.2 Å². The van der Waals surface area contributed by atoms with Gasteiger partial charge in [-0.15, -0.1) is 0 Å². The number of phenols is 2. The molecule has 0 bridgehead atoms. The summed E-state index contributed by atoms with van der Waals surface area (Å²) >= 11 is 0. The minimum Gasteiger partial charge on any atom is -0.507 e. The van der Waals surface area contributed by atoms with Crippen molar-refractivity contribution in [3.8, 4) is 17.2 Å². The normalized spacial score (nSPS) is 12.4. The lowest BCUT2D eigenvalue weighted by Gasteiger charge is -2.21. The van der Waals surface area contributed by atoms with E-state index in [9.17, 15) is 15.0 Å². The van der Waals surface area contributed by atoms with Gasteiger partial charge in [-0.25, -0.2) is 0 Å². The molecule has 1 aliphatic carbocycles. The van der Waals surface area contributed by atoms with Gasteiger partial charge in [0.2, 0.25) is 5.78 Å². The van der Waals surface area contributed by atoms with Crippen molar-refractivity contribution < 1.29 is 19.7 Å². The van der Waals surface area contributed by atoms with Crippen molar-refractivity contribution in [1.29, 1.82) is 0 Å². The van der Waals surface area contributed by atoms with Gasteiger partial charge in [0, 0.05) is 0 Å². The summed E-state index contributed by atoms with van der Waals surface area (Å²) in [5.74, 6) is 0.547. The van der Waals surface area contributed by atoms with Crippen molar-refractivity contribution in [3.05, 3.63) is 88.0 Å². The van der Waals surface area contributed by atoms with Crippen LogP contribution in [-0.4, -0.2) is 23.1 Å². The van der Waals surface area contributed by atoms with E-state index in [0.717, 1.165) is 35.3 Å². The van der Waals surface area contributed by atoms with Crippen LogP contribution in [0.3, 0.4) is 0 Å². The first-order valence-electron chi connectivity index (χ1n) is 9.40. The number of aromatic hydroxyl groups is 2. The Kier molecular flexibility index (Phi) is 4.78. The lowest BCUT2D eigenvalue weighted by atomic mass is 9.82. The Hall–Kier alpha value is -3.27. The third-order valence-electron chi connectivity index (χ3n) is 5.38. The second kappa shape index (κ2) is 7.39. The van der Waals surface area contributed by atoms with E-state index in [4.69, 9.17) is 4.74 Å². The first-order valence-corrected chi connectivity index (χ1v) is 9.40. The van der Waals surface area contributed by atoms with Crippen LogP contribution >= 0.6 is 0 Å². The van der Waals surface area contributed by atoms with Crippen LogP contribution < -0.4 is 4.74 Å². The van der Waals surface area contributed by atoms with E-state index in [1.165, 1.54) is 11.6 Å². The van der Waals surface area contributed by atoms with Gasteiger partial charge in [0.05, 0.1) is 18.2 Å². The van der Waals surface area contributed by atoms with Crippen LogP contribution in [0, 0.1) is 0 Å². The quantitative estimate of drug-likeness (QED) is 0.543. The van der Waals surface area contributed by atoms with Crippen LogP contribution in [0.4, 0.5) is 0 Å². The fourth-order valence-electron chi connectivity index (χ4n) is 3.88. The highest BCUT2D eigenvalue weighted by molar-refractivity contribution is 6.15. The molecule has 0 heterocycles. The third-order valence-corrected chi connectivity index (χ3v) is 5.38. The Morgan fingerprint density at radius 2 is 1.64 bits per heavy atom. The summed E-state index contributed by atoms with van der Waals surface area (Å²) in [4.78, 5) is 12.9. The van der Waals surface area contributed by atoms with Crippen molar-refractivity contribution >= 4 is 5.78 Å². The number of hydrogen-bond acceptors (Lipinski definition) is 4. The molecule has 28 heavy (non-hydrogen) atoms. The van der Waals surface area contributed by atoms with Gasteiger partial charge in [-0.1, -0.05) is 36.4 Å². The first kappa shape index (κ1) is 18.1. The summed E-state index contributed by atoms with van der Waals surface area (Å²) in [6.07, 6.45) is 2.93. The largest absolute Gasteiger partial charge is 0.507 e. The summed E-state index contributed by atoms with van der Waals surface area (Å²) in [7, 11) is 1.65. The van der Waals surface area contributed by atoms with Crippen molar-refractivity contribution in [2.75, 3.05) is 7.11 Å². The lowest BCUT2D eigenvalue weighted by Crippen LogP contribution is -2.16. The van der Waals surface area contributed by atoms with Crippen LogP contribution in [-0.2, 0) is 19.3 Å². The highest BCUT2D eigenvalue weighted by atomic mass is 16.5. The van der Waals surface area contributed by atoms with E-state index >= 15 is 0 Å². The molecule has 4 nitrogen and oxygen atoms in total. The van der Waals surface area contributed by atoms with E-state index in [1.54, 1.807) is 13.2 Å². The van der Waals surface area contributed by atoms with E-state index in [1.807, 2.05) is 42.5 Å². The molecule has 0 spiro atoms. The molecule has 2 N–H and O–H groups in total. The highest BCUT2D eigenvalue weighted by Crippen LogP contribution is 2.38. The van der Waals surface area contributed by atoms with Gasteiger partial charge in [0.25, 0.3) is 0 Å². The van der Waals surface area contributed by atoms with Gasteiger partial charge in [-0.05, 0) is 66.1 Å². The maximum atomic E-state index is 12.9. The molecule has 4 rings (SSSR count). The molecular formula is C24H22O4. The summed E-state index contributed by atoms with van der Waals surface area (Å²) in [5.41, 5.74) is 4.20. The van der Waals surface area contributed by atoms with Gasteiger partial charge in [0.15, 0.2) is 0 Å². The Bertz CT molecular complexity index is 1040. The summed E-state index contributed by atoms with van der Waals surface area (Å²) in [6, 6.07) is 16.9. The monoisotopic (exact) mass is 374 g/mol. The van der Waals surface area contributed by atoms with E-state index < -0.39 is 0 Å². The highest BCUT2D eigenvalue weighted by Gasteiger charge is 2.29. The maximum absolute atomic E-state index is 12.9. The van der Waals surface area contributed by atoms with Gasteiger partial charge >= 0.3 is 0 Å². The number of rotatable bonds is 5. The molecule has 4 heteroatoms. The number of carbonyl (C=O) groups excluding carboxylic acids is 1. The Morgan fingerprint density at radius 1 is 0.893 bits per heavy atom. The zero-order chi connectivity index (χ0) is 19.7. The zero-order valence-electron chi connectivity index (χ0n) is 15.7. The van der Waals surface area contributed by atoms with Gasteiger partial charge in [-0.3, -0.25) is 4.79 Å². The topological polar surface area (TPSA) is 66.8 Å². The molecule has 0 fully saturated rings. The summed E-state index contributed by atoms with van der Waals surface area (Å²) in [5, 5.41) is 20.9. The number of ether oxygens (including phenoxy) is 1. The average Bonchev–Trinajstić information content (AvgIpc) is 2.70. The molecule has 3 aromatic rings. The molecular weight excluding hydrogens is 352 g/mol. The van der Waals surface area contributed by atoms with Gasteiger partial charge in [-0.2, -0.15) is 0 Å². The third kappa shape index (κ3) is 3.22. The number of phenolic OH excluding ortho intramolecular Hbond substituents is 2.